The number of rotatable bonds is 10. The molecule has 3 aromatic carbocycles. The lowest BCUT2D eigenvalue weighted by molar-refractivity contribution is -0.384. The van der Waals surface area contributed by atoms with Gasteiger partial charge < -0.3 is 14.2 Å². The van der Waals surface area contributed by atoms with E-state index in [1.807, 2.05) is 50.2 Å². The van der Waals surface area contributed by atoms with Crippen LogP contribution in [0.5, 0.6) is 11.5 Å². The van der Waals surface area contributed by atoms with E-state index in [0.717, 1.165) is 12.7 Å². The van der Waals surface area contributed by atoms with E-state index in [1.165, 1.54) is 23.5 Å². The van der Waals surface area contributed by atoms with Gasteiger partial charge in [-0.15, -0.1) is 0 Å². The summed E-state index contributed by atoms with van der Waals surface area (Å²) in [5.41, 5.74) is 2.60. The number of allylic oxidation sites excluding steroid dienone is 1. The van der Waals surface area contributed by atoms with Crippen molar-refractivity contribution in [1.82, 2.24) is 4.57 Å². The van der Waals surface area contributed by atoms with Gasteiger partial charge >= 0.3 is 5.97 Å². The zero-order valence-electron chi connectivity index (χ0n) is 25.3. The van der Waals surface area contributed by atoms with Gasteiger partial charge in [0.1, 0.15) is 24.1 Å². The fraction of sp³-hybridized carbons (Fsp3) is 0.242. The van der Waals surface area contributed by atoms with Crippen molar-refractivity contribution in [3.05, 3.63) is 126 Å². The van der Waals surface area contributed by atoms with Gasteiger partial charge in [-0.05, 0) is 108 Å². The molecular formula is C33H29I2N3O7S. The molecule has 2 heterocycles. The normalized spacial score (nSPS) is 14.6. The number of aromatic nitrogens is 1. The number of nitrogens with zero attached hydrogens (tertiary/aromatic N) is 3. The average Bonchev–Trinajstić information content (AvgIpc) is 3.30. The molecule has 0 unspecified atom stereocenters. The van der Waals surface area contributed by atoms with Crippen molar-refractivity contribution in [2.45, 2.75) is 46.4 Å². The van der Waals surface area contributed by atoms with Crippen LogP contribution in [-0.2, 0) is 16.1 Å². The molecule has 1 aliphatic heterocycles. The molecule has 13 heteroatoms. The number of para-hydroxylation sites is 1. The Hall–Kier alpha value is -3.57. The molecule has 0 fully saturated rings. The fourth-order valence-corrected chi connectivity index (χ4v) is 8.20. The first-order chi connectivity index (χ1) is 22.0. The third kappa shape index (κ3) is 7.20. The first-order valence-corrected chi connectivity index (χ1v) is 17.3. The summed E-state index contributed by atoms with van der Waals surface area (Å²) in [5.74, 6) is 0.674. The van der Waals surface area contributed by atoms with E-state index in [9.17, 15) is 19.7 Å². The monoisotopic (exact) mass is 865 g/mol. The number of fused-ring (bicyclic) bond motifs is 1. The number of nitro benzene ring substituents is 1. The van der Waals surface area contributed by atoms with Gasteiger partial charge in [-0.25, -0.2) is 9.79 Å². The largest absolute Gasteiger partial charge is 0.491 e. The number of hydrogen-bond donors (Lipinski definition) is 0. The Balaban J connectivity index is 1.56. The van der Waals surface area contributed by atoms with Gasteiger partial charge in [0.05, 0.1) is 40.6 Å². The first kappa shape index (κ1) is 33.8. The van der Waals surface area contributed by atoms with Crippen LogP contribution in [0, 0.1) is 17.3 Å². The Kier molecular flexibility index (Phi) is 10.6. The van der Waals surface area contributed by atoms with E-state index >= 15 is 0 Å². The van der Waals surface area contributed by atoms with Crippen LogP contribution in [0.2, 0.25) is 0 Å². The maximum Gasteiger partial charge on any atom is 0.338 e. The van der Waals surface area contributed by atoms with E-state index in [0.29, 0.717) is 37.7 Å². The molecule has 0 radical (unpaired) electrons. The standard InChI is InChI=1S/C33H29I2N3O7S/c1-5-43-32(40)28-19(4)36-33-37(29(28)23-11-6-7-12-26(23)45-18(2)3)31(39)27(46-33)16-21-14-24(34)30(25(35)15-21)44-17-20-9-8-10-22(13-20)38(41)42/h6-16,18,29H,5,17H2,1-4H3/b27-16+/t29-/m1/s1. The number of nitro groups is 1. The topological polar surface area (TPSA) is 122 Å². The summed E-state index contributed by atoms with van der Waals surface area (Å²) in [6, 6.07) is 16.7. The highest BCUT2D eigenvalue weighted by molar-refractivity contribution is 14.1. The molecular weight excluding hydrogens is 836 g/mol. The van der Waals surface area contributed by atoms with Crippen LogP contribution in [0.25, 0.3) is 6.08 Å². The lowest BCUT2D eigenvalue weighted by atomic mass is 9.95. The average molecular weight is 865 g/mol. The lowest BCUT2D eigenvalue weighted by Gasteiger charge is -2.26. The van der Waals surface area contributed by atoms with Gasteiger partial charge in [-0.1, -0.05) is 41.7 Å². The summed E-state index contributed by atoms with van der Waals surface area (Å²) in [6.07, 6.45) is 1.67. The van der Waals surface area contributed by atoms with Crippen molar-refractivity contribution in [3.8, 4) is 11.5 Å². The summed E-state index contributed by atoms with van der Waals surface area (Å²) in [4.78, 5) is 43.3. The molecule has 0 amide bonds. The number of ether oxygens (including phenoxy) is 3. The maximum atomic E-state index is 14.1. The fourth-order valence-electron chi connectivity index (χ4n) is 5.02. The summed E-state index contributed by atoms with van der Waals surface area (Å²) in [5, 5.41) is 11.1. The Bertz CT molecular complexity index is 2030. The molecule has 0 aliphatic carbocycles. The second-order valence-corrected chi connectivity index (χ2v) is 13.9. The highest BCUT2D eigenvalue weighted by Gasteiger charge is 2.35. The molecule has 4 aromatic rings. The molecule has 1 aliphatic rings. The van der Waals surface area contributed by atoms with Crippen molar-refractivity contribution in [3.63, 3.8) is 0 Å². The quantitative estimate of drug-likeness (QED) is 0.0797. The Morgan fingerprint density at radius 3 is 2.52 bits per heavy atom. The second kappa shape index (κ2) is 14.5. The van der Waals surface area contributed by atoms with Gasteiger partial charge in [0.2, 0.25) is 0 Å². The predicted molar refractivity (Wildman–Crippen MR) is 192 cm³/mol. The summed E-state index contributed by atoms with van der Waals surface area (Å²) in [6.45, 7) is 7.67. The maximum absolute atomic E-state index is 14.1. The minimum atomic E-state index is -0.794. The van der Waals surface area contributed by atoms with Crippen LogP contribution in [-0.4, -0.2) is 28.2 Å². The summed E-state index contributed by atoms with van der Waals surface area (Å²) < 4.78 is 21.2. The van der Waals surface area contributed by atoms with Gasteiger partial charge in [0.25, 0.3) is 11.2 Å². The highest BCUT2D eigenvalue weighted by Crippen LogP contribution is 2.36. The van der Waals surface area contributed by atoms with Gasteiger partial charge in [-0.3, -0.25) is 19.5 Å². The zero-order chi connectivity index (χ0) is 33.1. The van der Waals surface area contributed by atoms with Crippen molar-refractivity contribution in [2.24, 2.45) is 4.99 Å². The van der Waals surface area contributed by atoms with Crippen LogP contribution < -0.4 is 24.4 Å². The number of benzene rings is 3. The SMILES string of the molecule is CCOC(=O)C1=C(C)N=c2s/c(=C/c3cc(I)c(OCc4cccc([N+](=O)[O-])c4)c(I)c3)c(=O)n2[C@@H]1c1ccccc1OC(C)C. The number of non-ortho nitro benzene ring substituents is 1. The number of esters is 1. The van der Waals surface area contributed by atoms with Gasteiger partial charge in [0, 0.05) is 17.7 Å². The lowest BCUT2D eigenvalue weighted by Crippen LogP contribution is -2.40. The molecule has 1 aromatic heterocycles. The van der Waals surface area contributed by atoms with Gasteiger partial charge in [-0.2, -0.15) is 0 Å². The van der Waals surface area contributed by atoms with E-state index in [4.69, 9.17) is 14.2 Å². The van der Waals surface area contributed by atoms with E-state index < -0.39 is 16.9 Å². The second-order valence-electron chi connectivity index (χ2n) is 10.5. The molecule has 0 saturated heterocycles. The van der Waals surface area contributed by atoms with Crippen LogP contribution in [0.3, 0.4) is 0 Å². The zero-order valence-corrected chi connectivity index (χ0v) is 30.4. The smallest absolute Gasteiger partial charge is 0.338 e. The highest BCUT2D eigenvalue weighted by atomic mass is 127. The molecule has 0 N–H and O–H groups in total. The number of carbonyl (C=O) groups is 1. The third-order valence-corrected chi connectivity index (χ3v) is 9.50. The molecule has 0 bridgehead atoms. The van der Waals surface area contributed by atoms with E-state index in [2.05, 4.69) is 50.2 Å². The minimum absolute atomic E-state index is 0.00468. The molecule has 10 nitrogen and oxygen atoms in total. The van der Waals surface area contributed by atoms with Crippen molar-refractivity contribution in [2.75, 3.05) is 6.61 Å². The summed E-state index contributed by atoms with van der Waals surface area (Å²) >= 11 is 5.59. The Morgan fingerprint density at radius 2 is 1.85 bits per heavy atom. The van der Waals surface area contributed by atoms with Crippen LogP contribution in [0.4, 0.5) is 5.69 Å². The molecule has 238 valence electrons. The summed E-state index contributed by atoms with van der Waals surface area (Å²) in [7, 11) is 0. The predicted octanol–water partition coefficient (Wildman–Crippen LogP) is 6.28. The third-order valence-electron chi connectivity index (χ3n) is 6.92. The van der Waals surface area contributed by atoms with E-state index in [-0.39, 0.29) is 36.1 Å². The van der Waals surface area contributed by atoms with Crippen LogP contribution in [0.15, 0.2) is 81.7 Å². The van der Waals surface area contributed by atoms with Crippen molar-refractivity contribution >= 4 is 74.3 Å². The van der Waals surface area contributed by atoms with Crippen molar-refractivity contribution in [1.29, 1.82) is 0 Å². The first-order valence-electron chi connectivity index (χ1n) is 14.3. The number of thiazole rings is 1. The molecule has 5 rings (SSSR count). The van der Waals surface area contributed by atoms with E-state index in [1.54, 1.807) is 36.6 Å². The van der Waals surface area contributed by atoms with Crippen LogP contribution >= 0.6 is 56.5 Å². The van der Waals surface area contributed by atoms with Crippen LogP contribution in [0.1, 0.15) is 50.4 Å². The van der Waals surface area contributed by atoms with Gasteiger partial charge in [0.15, 0.2) is 4.80 Å². The van der Waals surface area contributed by atoms with Crippen molar-refractivity contribution < 1.29 is 23.9 Å². The minimum Gasteiger partial charge on any atom is -0.491 e. The molecule has 46 heavy (non-hydrogen) atoms. The molecule has 0 spiro atoms. The number of carbonyl (C=O) groups excluding carboxylic acids is 1. The number of halogens is 2. The Labute approximate surface area is 295 Å². The Morgan fingerprint density at radius 1 is 1.13 bits per heavy atom. The number of hydrogen-bond acceptors (Lipinski definition) is 9. The molecule has 0 saturated carbocycles. The molecule has 1 atom stereocenters.